The van der Waals surface area contributed by atoms with Gasteiger partial charge in [0.2, 0.25) is 0 Å². The fourth-order valence-corrected chi connectivity index (χ4v) is 1.09. The summed E-state index contributed by atoms with van der Waals surface area (Å²) in [6, 6.07) is 0.565. The Balaban J connectivity index is 2.36. The molecular weight excluding hydrogens is 162 g/mol. The average molecular weight is 181 g/mol. The van der Waals surface area contributed by atoms with E-state index in [0.29, 0.717) is 6.04 Å². The lowest BCUT2D eigenvalue weighted by Crippen LogP contribution is -2.24. The maximum absolute atomic E-state index is 4.28. The second kappa shape index (κ2) is 5.02. The smallest absolute Gasteiger partial charge is 0.120 e. The van der Waals surface area contributed by atoms with E-state index in [1.54, 1.807) is 0 Å². The van der Waals surface area contributed by atoms with Crippen LogP contribution in [0, 0.1) is 0 Å². The van der Waals surface area contributed by atoms with E-state index in [0.717, 1.165) is 25.2 Å². The molecule has 0 radical (unpaired) electrons. The molecular formula is C10H19N3. The molecule has 3 heteroatoms. The lowest BCUT2D eigenvalue weighted by molar-refractivity contribution is 0.524. The number of aromatic amines is 1. The maximum atomic E-state index is 4.28. The highest BCUT2D eigenvalue weighted by molar-refractivity contribution is 5.00. The number of nitrogens with zero attached hydrogens (tertiary/aromatic N) is 1. The van der Waals surface area contributed by atoms with Crippen molar-refractivity contribution in [3.8, 4) is 0 Å². The molecule has 3 nitrogen and oxygen atoms in total. The van der Waals surface area contributed by atoms with Gasteiger partial charge in [0.15, 0.2) is 0 Å². The Labute approximate surface area is 80.0 Å². The van der Waals surface area contributed by atoms with Crippen molar-refractivity contribution in [2.24, 2.45) is 0 Å². The third-order valence-electron chi connectivity index (χ3n) is 2.29. The Kier molecular flexibility index (Phi) is 3.96. The van der Waals surface area contributed by atoms with Gasteiger partial charge in [-0.1, -0.05) is 13.8 Å². The van der Waals surface area contributed by atoms with Gasteiger partial charge in [0.1, 0.15) is 5.82 Å². The van der Waals surface area contributed by atoms with Crippen molar-refractivity contribution in [3.63, 3.8) is 0 Å². The van der Waals surface area contributed by atoms with Crippen LogP contribution in [0.25, 0.3) is 0 Å². The van der Waals surface area contributed by atoms with Crippen LogP contribution in [0.1, 0.15) is 38.7 Å². The van der Waals surface area contributed by atoms with Crippen molar-refractivity contribution in [1.82, 2.24) is 15.3 Å². The van der Waals surface area contributed by atoms with Gasteiger partial charge in [0, 0.05) is 17.9 Å². The zero-order chi connectivity index (χ0) is 9.68. The third-order valence-corrected chi connectivity index (χ3v) is 2.29. The summed E-state index contributed by atoms with van der Waals surface area (Å²) >= 11 is 0. The quantitative estimate of drug-likeness (QED) is 0.728. The van der Waals surface area contributed by atoms with Crippen LogP contribution in [0.3, 0.4) is 0 Å². The SMILES string of the molecule is CCc1cnc(CNC(C)CC)[nH]1. The molecule has 0 amide bonds. The first kappa shape index (κ1) is 10.3. The second-order valence-corrected chi connectivity index (χ2v) is 3.40. The summed E-state index contributed by atoms with van der Waals surface area (Å²) in [5.41, 5.74) is 1.21. The molecule has 0 spiro atoms. The fraction of sp³-hybridized carbons (Fsp3) is 0.700. The van der Waals surface area contributed by atoms with Crippen molar-refractivity contribution in [3.05, 3.63) is 17.7 Å². The maximum Gasteiger partial charge on any atom is 0.120 e. The summed E-state index contributed by atoms with van der Waals surface area (Å²) < 4.78 is 0. The van der Waals surface area contributed by atoms with Crippen LogP contribution in [0.15, 0.2) is 6.20 Å². The summed E-state index contributed by atoms with van der Waals surface area (Å²) in [4.78, 5) is 7.54. The molecule has 0 aliphatic heterocycles. The number of rotatable bonds is 5. The molecule has 13 heavy (non-hydrogen) atoms. The molecule has 2 N–H and O–H groups in total. The fourth-order valence-electron chi connectivity index (χ4n) is 1.09. The molecule has 0 saturated heterocycles. The third kappa shape index (κ3) is 3.19. The Morgan fingerprint density at radius 1 is 1.54 bits per heavy atom. The number of aromatic nitrogens is 2. The van der Waals surface area contributed by atoms with E-state index in [1.807, 2.05) is 6.20 Å². The van der Waals surface area contributed by atoms with Gasteiger partial charge in [-0.25, -0.2) is 4.98 Å². The molecule has 1 atom stereocenters. The van der Waals surface area contributed by atoms with Crippen molar-refractivity contribution < 1.29 is 0 Å². The predicted octanol–water partition coefficient (Wildman–Crippen LogP) is 1.86. The second-order valence-electron chi connectivity index (χ2n) is 3.40. The van der Waals surface area contributed by atoms with Gasteiger partial charge in [0.05, 0.1) is 6.54 Å². The average Bonchev–Trinajstić information content (AvgIpc) is 2.61. The molecule has 74 valence electrons. The minimum absolute atomic E-state index is 0.565. The Bertz CT molecular complexity index is 242. The zero-order valence-electron chi connectivity index (χ0n) is 8.72. The lowest BCUT2D eigenvalue weighted by atomic mass is 10.2. The summed E-state index contributed by atoms with van der Waals surface area (Å²) in [6.45, 7) is 7.33. The van der Waals surface area contributed by atoms with Gasteiger partial charge < -0.3 is 10.3 Å². The molecule has 0 fully saturated rings. The van der Waals surface area contributed by atoms with Crippen molar-refractivity contribution in [2.45, 2.75) is 46.2 Å². The molecule has 1 aromatic rings. The Morgan fingerprint density at radius 3 is 2.85 bits per heavy atom. The van der Waals surface area contributed by atoms with Crippen LogP contribution in [0.5, 0.6) is 0 Å². The van der Waals surface area contributed by atoms with E-state index in [9.17, 15) is 0 Å². The van der Waals surface area contributed by atoms with E-state index in [2.05, 4.69) is 36.1 Å². The number of H-pyrrole nitrogens is 1. The van der Waals surface area contributed by atoms with E-state index in [4.69, 9.17) is 0 Å². The van der Waals surface area contributed by atoms with E-state index in [-0.39, 0.29) is 0 Å². The lowest BCUT2D eigenvalue weighted by Gasteiger charge is -2.08. The van der Waals surface area contributed by atoms with Gasteiger partial charge in [-0.2, -0.15) is 0 Å². The molecule has 1 heterocycles. The minimum Gasteiger partial charge on any atom is -0.345 e. The highest BCUT2D eigenvalue weighted by Crippen LogP contribution is 1.98. The molecule has 1 unspecified atom stereocenters. The highest BCUT2D eigenvalue weighted by Gasteiger charge is 2.00. The Morgan fingerprint density at radius 2 is 2.31 bits per heavy atom. The van der Waals surface area contributed by atoms with E-state index < -0.39 is 0 Å². The number of hydrogen-bond acceptors (Lipinski definition) is 2. The van der Waals surface area contributed by atoms with Crippen LogP contribution in [0.4, 0.5) is 0 Å². The Hall–Kier alpha value is -0.830. The first-order valence-corrected chi connectivity index (χ1v) is 5.02. The molecule has 0 aromatic carbocycles. The summed E-state index contributed by atoms with van der Waals surface area (Å²) in [7, 11) is 0. The normalized spacial score (nSPS) is 13.2. The van der Waals surface area contributed by atoms with Crippen LogP contribution >= 0.6 is 0 Å². The standard InChI is InChI=1S/C10H19N3/c1-4-8(3)11-7-10-12-6-9(5-2)13-10/h6,8,11H,4-5,7H2,1-3H3,(H,12,13). The summed E-state index contributed by atoms with van der Waals surface area (Å²) in [5.74, 6) is 1.04. The molecule has 0 aliphatic rings. The topological polar surface area (TPSA) is 40.7 Å². The van der Waals surface area contributed by atoms with Crippen LogP contribution in [-0.4, -0.2) is 16.0 Å². The molecule has 1 aromatic heterocycles. The number of nitrogens with one attached hydrogen (secondary N) is 2. The van der Waals surface area contributed by atoms with Crippen LogP contribution < -0.4 is 5.32 Å². The molecule has 1 rings (SSSR count). The van der Waals surface area contributed by atoms with Crippen molar-refractivity contribution >= 4 is 0 Å². The number of hydrogen-bond donors (Lipinski definition) is 2. The van der Waals surface area contributed by atoms with Gasteiger partial charge >= 0.3 is 0 Å². The van der Waals surface area contributed by atoms with Crippen molar-refractivity contribution in [2.75, 3.05) is 0 Å². The van der Waals surface area contributed by atoms with Gasteiger partial charge in [-0.15, -0.1) is 0 Å². The van der Waals surface area contributed by atoms with E-state index in [1.165, 1.54) is 5.69 Å². The first-order valence-electron chi connectivity index (χ1n) is 5.02. The monoisotopic (exact) mass is 181 g/mol. The minimum atomic E-state index is 0.565. The molecule has 0 bridgehead atoms. The highest BCUT2D eigenvalue weighted by atomic mass is 15.0. The van der Waals surface area contributed by atoms with Crippen molar-refractivity contribution in [1.29, 1.82) is 0 Å². The van der Waals surface area contributed by atoms with Gasteiger partial charge in [-0.05, 0) is 19.8 Å². The van der Waals surface area contributed by atoms with Crippen LogP contribution in [0.2, 0.25) is 0 Å². The molecule has 0 saturated carbocycles. The first-order chi connectivity index (χ1) is 6.26. The predicted molar refractivity (Wildman–Crippen MR) is 54.6 cm³/mol. The molecule has 0 aliphatic carbocycles. The largest absolute Gasteiger partial charge is 0.345 e. The van der Waals surface area contributed by atoms with Crippen LogP contribution in [-0.2, 0) is 13.0 Å². The van der Waals surface area contributed by atoms with E-state index >= 15 is 0 Å². The van der Waals surface area contributed by atoms with Gasteiger partial charge in [-0.3, -0.25) is 0 Å². The number of imidazole rings is 1. The zero-order valence-corrected chi connectivity index (χ0v) is 8.72. The van der Waals surface area contributed by atoms with Gasteiger partial charge in [0.25, 0.3) is 0 Å². The number of aryl methyl sites for hydroxylation is 1. The summed E-state index contributed by atoms with van der Waals surface area (Å²) in [6.07, 6.45) is 4.09. The summed E-state index contributed by atoms with van der Waals surface area (Å²) in [5, 5.41) is 3.39.